The van der Waals surface area contributed by atoms with Gasteiger partial charge in [-0.3, -0.25) is 9.69 Å². The van der Waals surface area contributed by atoms with Gasteiger partial charge in [-0.05, 0) is 61.4 Å². The number of carbonyl (C=O) groups excluding carboxylic acids is 1. The monoisotopic (exact) mass is 420 g/mol. The van der Waals surface area contributed by atoms with Crippen molar-refractivity contribution >= 4 is 39.3 Å². The molecule has 0 atom stereocenters. The van der Waals surface area contributed by atoms with Gasteiger partial charge in [0.05, 0.1) is 13.2 Å². The molecule has 0 saturated heterocycles. The van der Waals surface area contributed by atoms with Crippen molar-refractivity contribution in [3.63, 3.8) is 0 Å². The zero-order valence-electron chi connectivity index (χ0n) is 13.8. The lowest BCUT2D eigenvalue weighted by molar-refractivity contribution is -0.117. The van der Waals surface area contributed by atoms with Gasteiger partial charge in [-0.15, -0.1) is 0 Å². The molecule has 25 heavy (non-hydrogen) atoms. The molecule has 2 aromatic rings. The predicted octanol–water partition coefficient (Wildman–Crippen LogP) is 4.00. The molecule has 0 radical (unpaired) electrons. The summed E-state index contributed by atoms with van der Waals surface area (Å²) in [5, 5.41) is 12.0. The van der Waals surface area contributed by atoms with Crippen molar-refractivity contribution < 1.29 is 9.90 Å². The van der Waals surface area contributed by atoms with E-state index in [1.165, 1.54) is 4.90 Å². The fourth-order valence-corrected chi connectivity index (χ4v) is 3.67. The van der Waals surface area contributed by atoms with E-state index in [0.717, 1.165) is 27.9 Å². The first-order valence-electron chi connectivity index (χ1n) is 8.32. The number of hydrogen-bond acceptors (Lipinski definition) is 4. The van der Waals surface area contributed by atoms with E-state index in [2.05, 4.69) is 33.4 Å². The molecule has 0 aromatic heterocycles. The van der Waals surface area contributed by atoms with Gasteiger partial charge in [0.25, 0.3) is 0 Å². The zero-order chi connectivity index (χ0) is 17.6. The quantitative estimate of drug-likeness (QED) is 0.677. The Labute approximate surface area is 160 Å². The van der Waals surface area contributed by atoms with E-state index in [1.807, 2.05) is 41.3 Å². The van der Waals surface area contributed by atoms with E-state index in [0.29, 0.717) is 19.1 Å². The van der Waals surface area contributed by atoms with Gasteiger partial charge < -0.3 is 10.4 Å². The molecule has 0 aliphatic heterocycles. The maximum atomic E-state index is 12.2. The highest BCUT2D eigenvalue weighted by Crippen LogP contribution is 2.29. The van der Waals surface area contributed by atoms with Crippen molar-refractivity contribution in [2.75, 3.05) is 25.0 Å². The van der Waals surface area contributed by atoms with Crippen LogP contribution in [-0.2, 0) is 4.79 Å². The number of amides is 1. The molecule has 4 nitrogen and oxygen atoms in total. The average Bonchev–Trinajstić information content (AvgIpc) is 3.43. The highest BCUT2D eigenvalue weighted by Gasteiger charge is 2.29. The fourth-order valence-electron chi connectivity index (χ4n) is 2.59. The van der Waals surface area contributed by atoms with E-state index in [1.54, 1.807) is 11.8 Å². The van der Waals surface area contributed by atoms with Crippen LogP contribution in [0.1, 0.15) is 12.8 Å². The summed E-state index contributed by atoms with van der Waals surface area (Å²) < 4.78 is 1.07. The van der Waals surface area contributed by atoms with Gasteiger partial charge in [0.15, 0.2) is 0 Å². The van der Waals surface area contributed by atoms with Gasteiger partial charge in [0.1, 0.15) is 0 Å². The molecule has 3 rings (SSSR count). The third-order valence-electron chi connectivity index (χ3n) is 3.98. The first-order chi connectivity index (χ1) is 12.1. The Balaban J connectivity index is 1.53. The number of aliphatic hydroxyl groups is 1. The van der Waals surface area contributed by atoms with Crippen LogP contribution in [-0.4, -0.2) is 41.7 Å². The van der Waals surface area contributed by atoms with Crippen LogP contribution in [0.25, 0.3) is 0 Å². The molecule has 1 fully saturated rings. The Morgan fingerprint density at radius 2 is 1.72 bits per heavy atom. The predicted molar refractivity (Wildman–Crippen MR) is 105 cm³/mol. The standard InChI is InChI=1S/C19H21BrN2O2S/c20-14-1-7-17(8-2-14)25-18-9-3-15(4-10-18)21-19(24)13-22(11-12-23)16-5-6-16/h1-4,7-10,16,23H,5-6,11-13H2,(H,21,24). The van der Waals surface area contributed by atoms with Gasteiger partial charge in [0.2, 0.25) is 5.91 Å². The van der Waals surface area contributed by atoms with E-state index in [9.17, 15) is 4.79 Å². The van der Waals surface area contributed by atoms with Crippen molar-refractivity contribution in [3.05, 3.63) is 53.0 Å². The SMILES string of the molecule is O=C(CN(CCO)C1CC1)Nc1ccc(Sc2ccc(Br)cc2)cc1. The summed E-state index contributed by atoms with van der Waals surface area (Å²) in [4.78, 5) is 16.5. The maximum Gasteiger partial charge on any atom is 0.238 e. The summed E-state index contributed by atoms with van der Waals surface area (Å²) in [6.07, 6.45) is 2.24. The molecule has 6 heteroatoms. The van der Waals surface area contributed by atoms with Gasteiger partial charge in [0, 0.05) is 32.5 Å². The lowest BCUT2D eigenvalue weighted by Crippen LogP contribution is -2.36. The summed E-state index contributed by atoms with van der Waals surface area (Å²) in [6, 6.07) is 16.5. The molecule has 1 aliphatic carbocycles. The maximum absolute atomic E-state index is 12.2. The number of halogens is 1. The third kappa shape index (κ3) is 5.85. The molecule has 0 unspecified atom stereocenters. The van der Waals surface area contributed by atoms with E-state index in [4.69, 9.17) is 5.11 Å². The largest absolute Gasteiger partial charge is 0.395 e. The minimum Gasteiger partial charge on any atom is -0.395 e. The fraction of sp³-hybridized carbons (Fsp3) is 0.316. The number of nitrogens with zero attached hydrogens (tertiary/aromatic N) is 1. The first kappa shape index (κ1) is 18.5. The second kappa shape index (κ2) is 8.85. The molecule has 0 heterocycles. The molecular weight excluding hydrogens is 400 g/mol. The Morgan fingerprint density at radius 3 is 2.28 bits per heavy atom. The number of hydrogen-bond donors (Lipinski definition) is 2. The number of nitrogens with one attached hydrogen (secondary N) is 1. The van der Waals surface area contributed by atoms with E-state index >= 15 is 0 Å². The van der Waals surface area contributed by atoms with Crippen LogP contribution >= 0.6 is 27.7 Å². The molecule has 1 aliphatic rings. The lowest BCUT2D eigenvalue weighted by atomic mass is 10.3. The van der Waals surface area contributed by atoms with Crippen molar-refractivity contribution in [1.82, 2.24) is 4.90 Å². The van der Waals surface area contributed by atoms with Crippen LogP contribution in [0.3, 0.4) is 0 Å². The summed E-state index contributed by atoms with van der Waals surface area (Å²) in [7, 11) is 0. The van der Waals surface area contributed by atoms with Crippen LogP contribution in [0.4, 0.5) is 5.69 Å². The molecule has 1 saturated carbocycles. The average molecular weight is 421 g/mol. The van der Waals surface area contributed by atoms with Crippen molar-refractivity contribution in [2.45, 2.75) is 28.7 Å². The summed E-state index contributed by atoms with van der Waals surface area (Å²) in [5.74, 6) is -0.0336. The molecule has 1 amide bonds. The van der Waals surface area contributed by atoms with Gasteiger partial charge >= 0.3 is 0 Å². The van der Waals surface area contributed by atoms with E-state index < -0.39 is 0 Å². The van der Waals surface area contributed by atoms with Crippen molar-refractivity contribution in [2.24, 2.45) is 0 Å². The number of anilines is 1. The minimum absolute atomic E-state index is 0.0336. The van der Waals surface area contributed by atoms with Crippen molar-refractivity contribution in [3.8, 4) is 0 Å². The van der Waals surface area contributed by atoms with Crippen LogP contribution in [0, 0.1) is 0 Å². The molecule has 0 spiro atoms. The molecule has 2 N–H and O–H groups in total. The Morgan fingerprint density at radius 1 is 1.12 bits per heavy atom. The van der Waals surface area contributed by atoms with Crippen LogP contribution in [0.15, 0.2) is 62.8 Å². The topological polar surface area (TPSA) is 52.6 Å². The second-order valence-corrected chi connectivity index (χ2v) is 8.12. The van der Waals surface area contributed by atoms with Gasteiger partial charge in [-0.1, -0.05) is 27.7 Å². The highest BCUT2D eigenvalue weighted by molar-refractivity contribution is 9.10. The van der Waals surface area contributed by atoms with Crippen LogP contribution in [0.2, 0.25) is 0 Å². The van der Waals surface area contributed by atoms with Crippen LogP contribution < -0.4 is 5.32 Å². The molecule has 0 bridgehead atoms. The van der Waals surface area contributed by atoms with Crippen LogP contribution in [0.5, 0.6) is 0 Å². The van der Waals surface area contributed by atoms with Crippen molar-refractivity contribution in [1.29, 1.82) is 0 Å². The summed E-state index contributed by atoms with van der Waals surface area (Å²) in [5.41, 5.74) is 0.796. The number of aliphatic hydroxyl groups excluding tert-OH is 1. The van der Waals surface area contributed by atoms with Gasteiger partial charge in [-0.2, -0.15) is 0 Å². The second-order valence-electron chi connectivity index (χ2n) is 6.05. The minimum atomic E-state index is -0.0336. The number of benzene rings is 2. The molecular formula is C19H21BrN2O2S. The Bertz CT molecular complexity index is 702. The highest BCUT2D eigenvalue weighted by atomic mass is 79.9. The Kier molecular flexibility index (Phi) is 6.53. The number of carbonyl (C=O) groups is 1. The Hall–Kier alpha value is -1.34. The molecule has 2 aromatic carbocycles. The smallest absolute Gasteiger partial charge is 0.238 e. The summed E-state index contributed by atoms with van der Waals surface area (Å²) >= 11 is 5.12. The normalized spacial score (nSPS) is 13.9. The zero-order valence-corrected chi connectivity index (χ0v) is 16.2. The molecule has 132 valence electrons. The lowest BCUT2D eigenvalue weighted by Gasteiger charge is -2.20. The number of rotatable bonds is 8. The third-order valence-corrected chi connectivity index (χ3v) is 5.53. The van der Waals surface area contributed by atoms with E-state index in [-0.39, 0.29) is 12.5 Å². The summed E-state index contributed by atoms with van der Waals surface area (Å²) in [6.45, 7) is 0.979. The van der Waals surface area contributed by atoms with Gasteiger partial charge in [-0.25, -0.2) is 0 Å². The first-order valence-corrected chi connectivity index (χ1v) is 9.93.